The maximum atomic E-state index is 12.3. The Labute approximate surface area is 175 Å². The Morgan fingerprint density at radius 3 is 2.43 bits per heavy atom. The summed E-state index contributed by atoms with van der Waals surface area (Å²) in [5.41, 5.74) is 1.59. The Morgan fingerprint density at radius 1 is 1.13 bits per heavy atom. The van der Waals surface area contributed by atoms with Gasteiger partial charge in [-0.05, 0) is 31.4 Å². The monoisotopic (exact) mass is 411 g/mol. The summed E-state index contributed by atoms with van der Waals surface area (Å²) < 4.78 is 5.21. The zero-order valence-electron chi connectivity index (χ0n) is 16.8. The van der Waals surface area contributed by atoms with Gasteiger partial charge in [0.15, 0.2) is 6.61 Å². The van der Waals surface area contributed by atoms with Crippen molar-refractivity contribution in [2.75, 3.05) is 24.6 Å². The van der Waals surface area contributed by atoms with Gasteiger partial charge >= 0.3 is 5.97 Å². The van der Waals surface area contributed by atoms with Crippen molar-refractivity contribution in [1.29, 1.82) is 0 Å². The zero-order chi connectivity index (χ0) is 21.5. The fourth-order valence-electron chi connectivity index (χ4n) is 3.60. The number of hydrogen-bond donors (Lipinski definition) is 1. The number of esters is 1. The molecule has 0 saturated carbocycles. The zero-order valence-corrected chi connectivity index (χ0v) is 16.8. The van der Waals surface area contributed by atoms with Crippen molar-refractivity contribution in [3.05, 3.63) is 70.3 Å². The van der Waals surface area contributed by atoms with E-state index in [0.29, 0.717) is 31.6 Å². The van der Waals surface area contributed by atoms with Crippen LogP contribution in [-0.2, 0) is 14.3 Å². The molecule has 2 aromatic rings. The van der Waals surface area contributed by atoms with Crippen LogP contribution in [0, 0.1) is 16.0 Å². The molecule has 1 N–H and O–H groups in total. The second-order valence-corrected chi connectivity index (χ2v) is 7.31. The molecule has 1 fully saturated rings. The largest absolute Gasteiger partial charge is 0.455 e. The SMILES string of the molecule is C[C@H](NC(=O)COC(=O)C1CCN(c2ccccc2[N+](=O)[O-])CC1)c1ccccc1. The van der Waals surface area contributed by atoms with E-state index in [1.54, 1.807) is 18.2 Å². The third-order valence-corrected chi connectivity index (χ3v) is 5.27. The standard InChI is InChI=1S/C22H25N3O5/c1-16(17-7-3-2-4-8-17)23-21(26)15-30-22(27)18-11-13-24(14-12-18)19-9-5-6-10-20(19)25(28)29/h2-10,16,18H,11-15H2,1H3,(H,23,26)/t16-/m0/s1. The molecule has 1 atom stereocenters. The number of carbonyl (C=O) groups is 2. The molecule has 1 heterocycles. The van der Waals surface area contributed by atoms with Gasteiger partial charge in [-0.3, -0.25) is 19.7 Å². The second kappa shape index (κ2) is 9.87. The molecule has 158 valence electrons. The Kier molecular flexibility index (Phi) is 7.00. The molecule has 0 radical (unpaired) electrons. The van der Waals surface area contributed by atoms with Crippen LogP contribution in [0.4, 0.5) is 11.4 Å². The molecule has 8 nitrogen and oxygen atoms in total. The maximum Gasteiger partial charge on any atom is 0.309 e. The fraction of sp³-hybridized carbons (Fsp3) is 0.364. The van der Waals surface area contributed by atoms with E-state index in [9.17, 15) is 19.7 Å². The van der Waals surface area contributed by atoms with Crippen molar-refractivity contribution in [2.24, 2.45) is 5.92 Å². The normalized spacial score (nSPS) is 15.3. The van der Waals surface area contributed by atoms with Gasteiger partial charge in [-0.25, -0.2) is 0 Å². The molecule has 30 heavy (non-hydrogen) atoms. The number of hydrogen-bond acceptors (Lipinski definition) is 6. The summed E-state index contributed by atoms with van der Waals surface area (Å²) in [5, 5.41) is 14.0. The van der Waals surface area contributed by atoms with Crippen molar-refractivity contribution < 1.29 is 19.2 Å². The summed E-state index contributed by atoms with van der Waals surface area (Å²) in [6.45, 7) is 2.58. The smallest absolute Gasteiger partial charge is 0.309 e. The quantitative estimate of drug-likeness (QED) is 0.426. The summed E-state index contributed by atoms with van der Waals surface area (Å²) in [6.07, 6.45) is 1.04. The highest BCUT2D eigenvalue weighted by Crippen LogP contribution is 2.31. The lowest BCUT2D eigenvalue weighted by Gasteiger charge is -2.32. The number of rotatable bonds is 7. The van der Waals surface area contributed by atoms with Crippen LogP contribution in [0.2, 0.25) is 0 Å². The minimum absolute atomic E-state index is 0.0581. The van der Waals surface area contributed by atoms with Crippen LogP contribution in [0.1, 0.15) is 31.4 Å². The molecule has 1 aliphatic rings. The predicted molar refractivity (Wildman–Crippen MR) is 112 cm³/mol. The third kappa shape index (κ3) is 5.34. The topological polar surface area (TPSA) is 102 Å². The number of piperidine rings is 1. The van der Waals surface area contributed by atoms with Gasteiger partial charge in [0.1, 0.15) is 5.69 Å². The average Bonchev–Trinajstić information content (AvgIpc) is 2.78. The van der Waals surface area contributed by atoms with E-state index in [4.69, 9.17) is 4.74 Å². The number of ether oxygens (including phenoxy) is 1. The molecule has 2 aromatic carbocycles. The van der Waals surface area contributed by atoms with Gasteiger partial charge < -0.3 is 15.0 Å². The number of nitrogens with zero attached hydrogens (tertiary/aromatic N) is 2. The van der Waals surface area contributed by atoms with E-state index >= 15 is 0 Å². The Balaban J connectivity index is 1.45. The van der Waals surface area contributed by atoms with Crippen LogP contribution in [-0.4, -0.2) is 36.5 Å². The van der Waals surface area contributed by atoms with Crippen LogP contribution in [0.15, 0.2) is 54.6 Å². The number of carbonyl (C=O) groups excluding carboxylic acids is 2. The number of para-hydroxylation sites is 2. The molecule has 0 aromatic heterocycles. The van der Waals surface area contributed by atoms with E-state index < -0.39 is 10.9 Å². The molecular weight excluding hydrogens is 386 g/mol. The summed E-state index contributed by atoms with van der Waals surface area (Å²) in [7, 11) is 0. The van der Waals surface area contributed by atoms with Crippen molar-refractivity contribution >= 4 is 23.3 Å². The average molecular weight is 411 g/mol. The maximum absolute atomic E-state index is 12.3. The van der Waals surface area contributed by atoms with Crippen molar-refractivity contribution in [3.8, 4) is 0 Å². The lowest BCUT2D eigenvalue weighted by Crippen LogP contribution is -2.38. The van der Waals surface area contributed by atoms with E-state index in [0.717, 1.165) is 5.56 Å². The second-order valence-electron chi connectivity index (χ2n) is 7.31. The van der Waals surface area contributed by atoms with E-state index in [2.05, 4.69) is 5.32 Å². The predicted octanol–water partition coefficient (Wildman–Crippen LogP) is 3.23. The summed E-state index contributed by atoms with van der Waals surface area (Å²) in [5.74, 6) is -1.07. The highest BCUT2D eigenvalue weighted by atomic mass is 16.6. The van der Waals surface area contributed by atoms with E-state index in [1.165, 1.54) is 6.07 Å². The number of nitro benzene ring substituents is 1. The fourth-order valence-corrected chi connectivity index (χ4v) is 3.60. The molecule has 3 rings (SSSR count). The highest BCUT2D eigenvalue weighted by molar-refractivity contribution is 5.81. The molecule has 0 bridgehead atoms. The highest BCUT2D eigenvalue weighted by Gasteiger charge is 2.29. The first kappa shape index (κ1) is 21.3. The van der Waals surface area contributed by atoms with Gasteiger partial charge in [0.05, 0.1) is 16.9 Å². The Bertz CT molecular complexity index is 895. The molecular formula is C22H25N3O5. The summed E-state index contributed by atoms with van der Waals surface area (Å²) in [4.78, 5) is 37.2. The van der Waals surface area contributed by atoms with E-state index in [1.807, 2.05) is 42.2 Å². The molecule has 8 heteroatoms. The van der Waals surface area contributed by atoms with Crippen molar-refractivity contribution in [2.45, 2.75) is 25.8 Å². The third-order valence-electron chi connectivity index (χ3n) is 5.27. The number of nitrogens with one attached hydrogen (secondary N) is 1. The molecule has 0 aliphatic carbocycles. The Hall–Kier alpha value is -3.42. The minimum atomic E-state index is -0.403. The van der Waals surface area contributed by atoms with E-state index in [-0.39, 0.29) is 30.2 Å². The number of benzene rings is 2. The Morgan fingerprint density at radius 2 is 1.77 bits per heavy atom. The van der Waals surface area contributed by atoms with Crippen LogP contribution in [0.25, 0.3) is 0 Å². The molecule has 0 spiro atoms. The molecule has 0 unspecified atom stereocenters. The summed E-state index contributed by atoms with van der Waals surface area (Å²) >= 11 is 0. The first-order chi connectivity index (χ1) is 14.5. The first-order valence-corrected chi connectivity index (χ1v) is 9.95. The number of nitro groups is 1. The lowest BCUT2D eigenvalue weighted by molar-refractivity contribution is -0.384. The lowest BCUT2D eigenvalue weighted by atomic mass is 9.96. The van der Waals surface area contributed by atoms with Crippen LogP contribution >= 0.6 is 0 Å². The van der Waals surface area contributed by atoms with Gasteiger partial charge in [-0.1, -0.05) is 42.5 Å². The minimum Gasteiger partial charge on any atom is -0.455 e. The van der Waals surface area contributed by atoms with Crippen LogP contribution in [0.5, 0.6) is 0 Å². The van der Waals surface area contributed by atoms with Crippen LogP contribution in [0.3, 0.4) is 0 Å². The summed E-state index contributed by atoms with van der Waals surface area (Å²) in [6, 6.07) is 15.9. The van der Waals surface area contributed by atoms with Gasteiger partial charge in [-0.2, -0.15) is 0 Å². The number of amides is 1. The first-order valence-electron chi connectivity index (χ1n) is 9.95. The van der Waals surface area contributed by atoms with Gasteiger partial charge in [0.25, 0.3) is 11.6 Å². The van der Waals surface area contributed by atoms with Crippen molar-refractivity contribution in [3.63, 3.8) is 0 Å². The molecule has 1 amide bonds. The van der Waals surface area contributed by atoms with Crippen molar-refractivity contribution in [1.82, 2.24) is 5.32 Å². The molecule has 1 saturated heterocycles. The van der Waals surface area contributed by atoms with Gasteiger partial charge in [0, 0.05) is 19.2 Å². The molecule has 1 aliphatic heterocycles. The van der Waals surface area contributed by atoms with Crippen LogP contribution < -0.4 is 10.2 Å². The van der Waals surface area contributed by atoms with Gasteiger partial charge in [-0.15, -0.1) is 0 Å². The number of anilines is 1. The van der Waals surface area contributed by atoms with Gasteiger partial charge in [0.2, 0.25) is 0 Å².